The first kappa shape index (κ1) is 29.2. The minimum atomic E-state index is -1.74. The van der Waals surface area contributed by atoms with Gasteiger partial charge >= 0.3 is 5.97 Å². The first-order chi connectivity index (χ1) is 18.0. The maximum absolute atomic E-state index is 13.8. The van der Waals surface area contributed by atoms with Crippen LogP contribution < -0.4 is 4.74 Å². The van der Waals surface area contributed by atoms with Crippen LogP contribution in [0.2, 0.25) is 0 Å². The van der Waals surface area contributed by atoms with Crippen LogP contribution >= 0.6 is 0 Å². The lowest BCUT2D eigenvalue weighted by Gasteiger charge is -2.33. The molecule has 0 heterocycles. The number of aliphatic carboxylic acids is 1. The van der Waals surface area contributed by atoms with Crippen molar-refractivity contribution >= 4 is 5.97 Å². The number of aryl methyl sites for hydroxylation is 1. The van der Waals surface area contributed by atoms with Crippen LogP contribution in [-0.4, -0.2) is 23.9 Å². The number of carboxylic acids is 1. The molecule has 0 amide bonds. The molecule has 1 aliphatic rings. The maximum Gasteiger partial charge on any atom is 0.338 e. The smallest absolute Gasteiger partial charge is 0.338 e. The summed E-state index contributed by atoms with van der Waals surface area (Å²) in [6.07, 6.45) is 12.3. The second kappa shape index (κ2) is 15.8. The Morgan fingerprint density at radius 3 is 2.35 bits per heavy atom. The van der Waals surface area contributed by atoms with E-state index < -0.39 is 12.1 Å². The van der Waals surface area contributed by atoms with E-state index in [0.717, 1.165) is 44.3 Å². The number of hydrogen-bond donors (Lipinski definition) is 1. The number of unbranched alkanes of at least 4 members (excludes halogenated alkanes) is 5. The second-order valence-corrected chi connectivity index (χ2v) is 11.0. The van der Waals surface area contributed by atoms with Crippen molar-refractivity contribution in [3.63, 3.8) is 0 Å². The minimum Gasteiger partial charge on any atom is -0.493 e. The van der Waals surface area contributed by atoms with Gasteiger partial charge in [0.1, 0.15) is 5.75 Å². The van der Waals surface area contributed by atoms with Crippen LogP contribution in [0.25, 0.3) is 11.1 Å². The molecule has 0 aromatic heterocycles. The van der Waals surface area contributed by atoms with Crippen LogP contribution in [0, 0.1) is 17.8 Å². The molecule has 0 aliphatic heterocycles. The van der Waals surface area contributed by atoms with Crippen molar-refractivity contribution in [2.45, 2.75) is 103 Å². The zero-order chi connectivity index (χ0) is 26.5. The zero-order valence-corrected chi connectivity index (χ0v) is 23.0. The van der Waals surface area contributed by atoms with Gasteiger partial charge < -0.3 is 9.84 Å². The minimum absolute atomic E-state index is 0.146. The summed E-state index contributed by atoms with van der Waals surface area (Å²) < 4.78 is 20.1. The van der Waals surface area contributed by atoms with Crippen molar-refractivity contribution in [2.75, 3.05) is 6.61 Å². The Morgan fingerprint density at radius 2 is 1.68 bits per heavy atom. The Labute approximate surface area is 223 Å². The fourth-order valence-electron chi connectivity index (χ4n) is 5.96. The average molecular weight is 511 g/mol. The molecule has 204 valence electrons. The summed E-state index contributed by atoms with van der Waals surface area (Å²) in [5, 5.41) is 8.95. The first-order valence-electron chi connectivity index (χ1n) is 14.7. The molecule has 2 atom stereocenters. The molecule has 1 saturated carbocycles. The average Bonchev–Trinajstić information content (AvgIpc) is 2.93. The van der Waals surface area contributed by atoms with E-state index >= 15 is 0 Å². The third-order valence-corrected chi connectivity index (χ3v) is 8.31. The number of alkyl halides is 1. The van der Waals surface area contributed by atoms with Crippen molar-refractivity contribution < 1.29 is 19.0 Å². The van der Waals surface area contributed by atoms with E-state index in [4.69, 9.17) is 9.84 Å². The molecule has 4 heteroatoms. The van der Waals surface area contributed by atoms with Gasteiger partial charge in [0, 0.05) is 0 Å². The molecule has 0 saturated heterocycles. The van der Waals surface area contributed by atoms with Crippen LogP contribution in [0.1, 0.15) is 96.5 Å². The Balaban J connectivity index is 1.54. The quantitative estimate of drug-likeness (QED) is 0.229. The van der Waals surface area contributed by atoms with E-state index in [1.54, 1.807) is 0 Å². The number of ether oxygens (including phenoxy) is 1. The van der Waals surface area contributed by atoms with Crippen LogP contribution in [-0.2, 0) is 11.2 Å². The van der Waals surface area contributed by atoms with Gasteiger partial charge in [-0.05, 0) is 91.5 Å². The first-order valence-corrected chi connectivity index (χ1v) is 14.7. The second-order valence-electron chi connectivity index (χ2n) is 11.0. The van der Waals surface area contributed by atoms with Crippen LogP contribution in [0.15, 0.2) is 48.5 Å². The third kappa shape index (κ3) is 9.47. The van der Waals surface area contributed by atoms with Gasteiger partial charge in [-0.2, -0.15) is 0 Å². The van der Waals surface area contributed by atoms with Crippen molar-refractivity contribution in [3.05, 3.63) is 54.1 Å². The molecule has 0 bridgehead atoms. The van der Waals surface area contributed by atoms with Crippen molar-refractivity contribution in [3.8, 4) is 16.9 Å². The maximum atomic E-state index is 13.8. The summed E-state index contributed by atoms with van der Waals surface area (Å²) in [5.41, 5.74) is 3.94. The lowest BCUT2D eigenvalue weighted by atomic mass is 9.73. The van der Waals surface area contributed by atoms with E-state index in [0.29, 0.717) is 18.4 Å². The number of hydrogen-bond acceptors (Lipinski definition) is 2. The van der Waals surface area contributed by atoms with E-state index in [9.17, 15) is 9.18 Å². The Bertz CT molecular complexity index is 920. The molecule has 0 radical (unpaired) electrons. The van der Waals surface area contributed by atoms with Crippen LogP contribution in [0.4, 0.5) is 4.39 Å². The monoisotopic (exact) mass is 510 g/mol. The molecule has 2 aromatic carbocycles. The predicted molar refractivity (Wildman–Crippen MR) is 151 cm³/mol. The van der Waals surface area contributed by atoms with Crippen LogP contribution in [0.5, 0.6) is 5.75 Å². The van der Waals surface area contributed by atoms with Crippen LogP contribution in [0.3, 0.4) is 0 Å². The van der Waals surface area contributed by atoms with Crippen molar-refractivity contribution in [1.29, 1.82) is 0 Å². The summed E-state index contributed by atoms with van der Waals surface area (Å²) in [4.78, 5) is 11.0. The Hall–Kier alpha value is -2.36. The molecule has 1 fully saturated rings. The molecular weight excluding hydrogens is 463 g/mol. The highest BCUT2D eigenvalue weighted by Crippen LogP contribution is 2.38. The van der Waals surface area contributed by atoms with E-state index in [2.05, 4.69) is 62.4 Å². The SMILES string of the molecule is CCCCCCCCc1cc(OCC2CCC(C(CC)C[C@H](F)C(=O)O)CC2)ccc1-c1ccccc1. The number of benzene rings is 2. The van der Waals surface area contributed by atoms with Gasteiger partial charge in [-0.3, -0.25) is 0 Å². The molecule has 1 N–H and O–H groups in total. The molecule has 1 unspecified atom stereocenters. The lowest BCUT2D eigenvalue weighted by molar-refractivity contribution is -0.143. The van der Waals surface area contributed by atoms with Gasteiger partial charge in [-0.25, -0.2) is 9.18 Å². The number of rotatable bonds is 16. The summed E-state index contributed by atoms with van der Waals surface area (Å²) >= 11 is 0. The number of carbonyl (C=O) groups is 1. The van der Waals surface area contributed by atoms with Crippen molar-refractivity contribution in [1.82, 2.24) is 0 Å². The fourth-order valence-corrected chi connectivity index (χ4v) is 5.96. The summed E-state index contributed by atoms with van der Waals surface area (Å²) in [6.45, 7) is 5.02. The number of halogens is 1. The molecule has 37 heavy (non-hydrogen) atoms. The predicted octanol–water partition coefficient (Wildman–Crippen LogP) is 9.28. The van der Waals surface area contributed by atoms with Gasteiger partial charge in [-0.15, -0.1) is 0 Å². The Kier molecular flexibility index (Phi) is 12.5. The summed E-state index contributed by atoms with van der Waals surface area (Å²) in [7, 11) is 0. The summed E-state index contributed by atoms with van der Waals surface area (Å²) in [5.74, 6) is 0.715. The number of carboxylic acid groups (broad SMARTS) is 1. The van der Waals surface area contributed by atoms with E-state index in [1.807, 2.05) is 0 Å². The fraction of sp³-hybridized carbons (Fsp3) is 0.606. The molecular formula is C33H47FO3. The lowest BCUT2D eigenvalue weighted by Crippen LogP contribution is -2.28. The molecule has 0 spiro atoms. The normalized spacial score (nSPS) is 19.3. The highest BCUT2D eigenvalue weighted by molar-refractivity contribution is 5.72. The zero-order valence-electron chi connectivity index (χ0n) is 23.0. The third-order valence-electron chi connectivity index (χ3n) is 8.31. The molecule has 3 nitrogen and oxygen atoms in total. The van der Waals surface area contributed by atoms with Crippen molar-refractivity contribution in [2.24, 2.45) is 17.8 Å². The van der Waals surface area contributed by atoms with E-state index in [-0.39, 0.29) is 12.3 Å². The van der Waals surface area contributed by atoms with Gasteiger partial charge in [-0.1, -0.05) is 88.8 Å². The van der Waals surface area contributed by atoms with Gasteiger partial charge in [0.05, 0.1) is 6.61 Å². The standard InChI is InChI=1S/C33H47FO3/c1-3-5-6-7-8-10-15-29-22-30(20-21-31(29)28-13-11-9-12-14-28)37-24-25-16-18-27(19-17-25)26(4-2)23-32(34)33(35)36/h9,11-14,20-22,25-27,32H,3-8,10,15-19,23-24H2,1-2H3,(H,35,36)/t25?,26?,27?,32-/m0/s1. The van der Waals surface area contributed by atoms with Gasteiger partial charge in [0.2, 0.25) is 0 Å². The highest BCUT2D eigenvalue weighted by Gasteiger charge is 2.30. The molecule has 3 rings (SSSR count). The largest absolute Gasteiger partial charge is 0.493 e. The Morgan fingerprint density at radius 1 is 0.973 bits per heavy atom. The van der Waals surface area contributed by atoms with E-state index in [1.165, 1.54) is 55.2 Å². The molecule has 1 aliphatic carbocycles. The van der Waals surface area contributed by atoms with Gasteiger partial charge in [0.25, 0.3) is 0 Å². The highest BCUT2D eigenvalue weighted by atomic mass is 19.1. The topological polar surface area (TPSA) is 46.5 Å². The molecule has 2 aromatic rings. The van der Waals surface area contributed by atoms with Gasteiger partial charge in [0.15, 0.2) is 6.17 Å². The summed E-state index contributed by atoms with van der Waals surface area (Å²) in [6, 6.07) is 17.2.